The normalized spacial score (nSPS) is 15.0. The van der Waals surface area contributed by atoms with E-state index >= 15 is 0 Å². The summed E-state index contributed by atoms with van der Waals surface area (Å²) in [4.78, 5) is 16.0. The lowest BCUT2D eigenvalue weighted by atomic mass is 10.2. The van der Waals surface area contributed by atoms with Crippen molar-refractivity contribution in [3.63, 3.8) is 0 Å². The van der Waals surface area contributed by atoms with Crippen molar-refractivity contribution in [2.24, 2.45) is 13.0 Å². The number of pyridine rings is 1. The summed E-state index contributed by atoms with van der Waals surface area (Å²) in [6.07, 6.45) is 4.68. The van der Waals surface area contributed by atoms with Crippen LogP contribution in [0.5, 0.6) is 0 Å². The molecule has 0 radical (unpaired) electrons. The van der Waals surface area contributed by atoms with E-state index in [1.165, 1.54) is 0 Å². The van der Waals surface area contributed by atoms with Crippen LogP contribution in [-0.4, -0.2) is 20.7 Å². The lowest BCUT2D eigenvalue weighted by Crippen LogP contribution is -2.14. The molecule has 2 aromatic heterocycles. The van der Waals surface area contributed by atoms with Crippen molar-refractivity contribution in [2.75, 3.05) is 5.32 Å². The lowest BCUT2D eigenvalue weighted by Gasteiger charge is -2.03. The van der Waals surface area contributed by atoms with Gasteiger partial charge in [-0.25, -0.2) is 4.98 Å². The van der Waals surface area contributed by atoms with E-state index in [2.05, 4.69) is 22.3 Å². The Morgan fingerprint density at radius 1 is 1.56 bits per heavy atom. The minimum absolute atomic E-state index is 0.0831. The average molecular weight is 244 g/mol. The Hall–Kier alpha value is -1.91. The smallest absolute Gasteiger partial charge is 0.228 e. The van der Waals surface area contributed by atoms with Crippen LogP contribution in [0.2, 0.25) is 0 Å². The molecule has 1 aliphatic rings. The fraction of sp³-hybridized carbons (Fsp3) is 0.462. The SMILES string of the molecule is CCc1nn(C)c2cc(NC(=O)C3CC3)ncc12. The number of nitrogens with zero attached hydrogens (tertiary/aromatic N) is 3. The molecule has 2 heterocycles. The standard InChI is InChI=1S/C13H16N4O/c1-3-10-9-7-14-12(6-11(9)17(2)16-10)15-13(18)8-4-5-8/h6-8H,3-5H2,1-2H3,(H,14,15,18). The van der Waals surface area contributed by atoms with Crippen molar-refractivity contribution < 1.29 is 4.79 Å². The highest BCUT2D eigenvalue weighted by molar-refractivity contribution is 5.95. The van der Waals surface area contributed by atoms with E-state index in [4.69, 9.17) is 0 Å². The molecule has 5 heteroatoms. The highest BCUT2D eigenvalue weighted by Crippen LogP contribution is 2.30. The molecule has 0 aromatic carbocycles. The molecule has 2 aromatic rings. The minimum Gasteiger partial charge on any atom is -0.310 e. The Morgan fingerprint density at radius 3 is 3.00 bits per heavy atom. The lowest BCUT2D eigenvalue weighted by molar-refractivity contribution is -0.117. The van der Waals surface area contributed by atoms with Gasteiger partial charge in [0.25, 0.3) is 0 Å². The monoisotopic (exact) mass is 244 g/mol. The molecule has 3 rings (SSSR count). The Labute approximate surface area is 105 Å². The number of carbonyl (C=O) groups is 1. The Balaban J connectivity index is 1.94. The van der Waals surface area contributed by atoms with Gasteiger partial charge in [0.2, 0.25) is 5.91 Å². The number of hydrogen-bond donors (Lipinski definition) is 1. The predicted molar refractivity (Wildman–Crippen MR) is 69.2 cm³/mol. The molecular formula is C13H16N4O. The van der Waals surface area contributed by atoms with E-state index in [0.717, 1.165) is 35.9 Å². The number of carbonyl (C=O) groups excluding carboxylic acids is 1. The number of aromatic nitrogens is 3. The van der Waals surface area contributed by atoms with Crippen molar-refractivity contribution in [3.05, 3.63) is 18.0 Å². The quantitative estimate of drug-likeness (QED) is 0.896. The van der Waals surface area contributed by atoms with Crippen LogP contribution < -0.4 is 5.32 Å². The highest BCUT2D eigenvalue weighted by Gasteiger charge is 2.29. The van der Waals surface area contributed by atoms with Crippen LogP contribution in [0, 0.1) is 5.92 Å². The van der Waals surface area contributed by atoms with Crippen LogP contribution in [-0.2, 0) is 18.3 Å². The van der Waals surface area contributed by atoms with Gasteiger partial charge in [0.1, 0.15) is 5.82 Å². The van der Waals surface area contributed by atoms with Crippen molar-refractivity contribution in [1.29, 1.82) is 0 Å². The maximum atomic E-state index is 11.7. The summed E-state index contributed by atoms with van der Waals surface area (Å²) >= 11 is 0. The first-order valence-electron chi connectivity index (χ1n) is 6.31. The fourth-order valence-electron chi connectivity index (χ4n) is 2.13. The third kappa shape index (κ3) is 1.85. The molecule has 0 saturated heterocycles. The third-order valence-electron chi connectivity index (χ3n) is 3.35. The molecule has 0 atom stereocenters. The van der Waals surface area contributed by atoms with E-state index in [1.807, 2.05) is 17.8 Å². The molecule has 0 unspecified atom stereocenters. The predicted octanol–water partition coefficient (Wildman–Crippen LogP) is 1.88. The van der Waals surface area contributed by atoms with Crippen LogP contribution in [0.15, 0.2) is 12.3 Å². The van der Waals surface area contributed by atoms with Crippen LogP contribution in [0.1, 0.15) is 25.5 Å². The van der Waals surface area contributed by atoms with Gasteiger partial charge in [-0.1, -0.05) is 6.92 Å². The van der Waals surface area contributed by atoms with Crippen LogP contribution in [0.4, 0.5) is 5.82 Å². The summed E-state index contributed by atoms with van der Waals surface area (Å²) < 4.78 is 1.84. The van der Waals surface area contributed by atoms with Gasteiger partial charge >= 0.3 is 0 Å². The number of anilines is 1. The van der Waals surface area contributed by atoms with Crippen LogP contribution in [0.3, 0.4) is 0 Å². The first-order chi connectivity index (χ1) is 8.69. The molecule has 1 fully saturated rings. The minimum atomic E-state index is 0.0831. The zero-order chi connectivity index (χ0) is 12.7. The molecule has 1 aliphatic carbocycles. The van der Waals surface area contributed by atoms with E-state index < -0.39 is 0 Å². The molecule has 1 N–H and O–H groups in total. The highest BCUT2D eigenvalue weighted by atomic mass is 16.2. The maximum absolute atomic E-state index is 11.7. The summed E-state index contributed by atoms with van der Waals surface area (Å²) in [5, 5.41) is 8.36. The second kappa shape index (κ2) is 4.08. The summed E-state index contributed by atoms with van der Waals surface area (Å²) in [6, 6.07) is 1.89. The first kappa shape index (κ1) is 11.2. The maximum Gasteiger partial charge on any atom is 0.228 e. The number of hydrogen-bond acceptors (Lipinski definition) is 3. The summed E-state index contributed by atoms with van der Waals surface area (Å²) in [5.41, 5.74) is 2.05. The Morgan fingerprint density at radius 2 is 2.33 bits per heavy atom. The number of aryl methyl sites for hydroxylation is 2. The van der Waals surface area contributed by atoms with E-state index in [1.54, 1.807) is 6.20 Å². The second-order valence-electron chi connectivity index (χ2n) is 4.77. The Kier molecular flexibility index (Phi) is 2.54. The van der Waals surface area contributed by atoms with Gasteiger partial charge < -0.3 is 5.32 Å². The zero-order valence-corrected chi connectivity index (χ0v) is 10.6. The fourth-order valence-corrected chi connectivity index (χ4v) is 2.13. The molecule has 0 spiro atoms. The summed E-state index contributed by atoms with van der Waals surface area (Å²) in [6.45, 7) is 2.07. The van der Waals surface area contributed by atoms with E-state index in [9.17, 15) is 4.79 Å². The van der Waals surface area contributed by atoms with Gasteiger partial charge in [-0.15, -0.1) is 0 Å². The van der Waals surface area contributed by atoms with Gasteiger partial charge in [-0.05, 0) is 19.3 Å². The van der Waals surface area contributed by atoms with Gasteiger partial charge in [0.05, 0.1) is 11.2 Å². The summed E-state index contributed by atoms with van der Waals surface area (Å²) in [7, 11) is 1.91. The second-order valence-corrected chi connectivity index (χ2v) is 4.77. The van der Waals surface area contributed by atoms with Crippen LogP contribution >= 0.6 is 0 Å². The van der Waals surface area contributed by atoms with Gasteiger partial charge in [0.15, 0.2) is 0 Å². The van der Waals surface area contributed by atoms with Crippen molar-refractivity contribution >= 4 is 22.6 Å². The molecule has 94 valence electrons. The zero-order valence-electron chi connectivity index (χ0n) is 10.6. The third-order valence-corrected chi connectivity index (χ3v) is 3.35. The average Bonchev–Trinajstić information content (AvgIpc) is 3.16. The number of rotatable bonds is 3. The summed E-state index contributed by atoms with van der Waals surface area (Å²) in [5.74, 6) is 0.894. The van der Waals surface area contributed by atoms with E-state index in [-0.39, 0.29) is 11.8 Å². The molecule has 5 nitrogen and oxygen atoms in total. The molecular weight excluding hydrogens is 228 g/mol. The van der Waals surface area contributed by atoms with Crippen molar-refractivity contribution in [3.8, 4) is 0 Å². The van der Waals surface area contributed by atoms with E-state index in [0.29, 0.717) is 5.82 Å². The Bertz CT molecular complexity index is 613. The molecule has 1 amide bonds. The van der Waals surface area contributed by atoms with Crippen molar-refractivity contribution in [1.82, 2.24) is 14.8 Å². The number of nitrogens with one attached hydrogen (secondary N) is 1. The molecule has 0 bridgehead atoms. The van der Waals surface area contributed by atoms with Crippen LogP contribution in [0.25, 0.3) is 10.9 Å². The molecule has 18 heavy (non-hydrogen) atoms. The number of amides is 1. The number of fused-ring (bicyclic) bond motifs is 1. The van der Waals surface area contributed by atoms with Gasteiger partial charge in [-0.2, -0.15) is 5.10 Å². The van der Waals surface area contributed by atoms with Crippen molar-refractivity contribution in [2.45, 2.75) is 26.2 Å². The van der Waals surface area contributed by atoms with Gasteiger partial charge in [0, 0.05) is 30.6 Å². The first-order valence-corrected chi connectivity index (χ1v) is 6.31. The molecule has 0 aliphatic heterocycles. The molecule has 1 saturated carbocycles. The largest absolute Gasteiger partial charge is 0.310 e. The van der Waals surface area contributed by atoms with Gasteiger partial charge in [-0.3, -0.25) is 9.48 Å². The topological polar surface area (TPSA) is 59.8 Å².